The summed E-state index contributed by atoms with van der Waals surface area (Å²) in [5.74, 6) is 0.849. The molecule has 0 saturated heterocycles. The number of methoxy groups -OCH3 is 2. The summed E-state index contributed by atoms with van der Waals surface area (Å²) in [5.41, 5.74) is 4.95. The Balaban J connectivity index is 1.29. The second kappa shape index (κ2) is 18.5. The quantitative estimate of drug-likeness (QED) is 0.0963. The molecule has 7 nitrogen and oxygen atoms in total. The average molecular weight is 812 g/mol. The van der Waals surface area contributed by atoms with E-state index in [1.807, 2.05) is 89.8 Å². The molecule has 2 N–H and O–H groups in total. The Morgan fingerprint density at radius 1 is 0.864 bits per heavy atom. The lowest BCUT2D eigenvalue weighted by atomic mass is 9.64. The fraction of sp³-hybridized carbons (Fsp3) is 0.373. The van der Waals surface area contributed by atoms with E-state index < -0.39 is 17.1 Å². The fourth-order valence-electron chi connectivity index (χ4n) is 9.48. The van der Waals surface area contributed by atoms with E-state index >= 15 is 4.79 Å². The number of carbonyl (C=O) groups is 2. The first-order chi connectivity index (χ1) is 28.5. The van der Waals surface area contributed by atoms with Gasteiger partial charge in [-0.3, -0.25) is 9.59 Å². The number of rotatable bonds is 12. The highest BCUT2D eigenvalue weighted by molar-refractivity contribution is 7.09. The highest BCUT2D eigenvalue weighted by Gasteiger charge is 2.57. The van der Waals surface area contributed by atoms with E-state index in [4.69, 9.17) is 9.47 Å². The van der Waals surface area contributed by atoms with Crippen molar-refractivity contribution in [2.75, 3.05) is 27.3 Å². The summed E-state index contributed by atoms with van der Waals surface area (Å²) < 4.78 is 11.0. The Labute approximate surface area is 353 Å². The molecule has 59 heavy (non-hydrogen) atoms. The molecule has 8 rings (SSSR count). The van der Waals surface area contributed by atoms with Crippen LogP contribution < -0.4 is 9.47 Å². The predicted octanol–water partition coefficient (Wildman–Crippen LogP) is 10.0. The summed E-state index contributed by atoms with van der Waals surface area (Å²) in [6.45, 7) is 4.93. The number of allylic oxidation sites excluding steroid dienone is 2. The molecule has 4 atom stereocenters. The number of aliphatic hydroxyl groups is 2. The lowest BCUT2D eigenvalue weighted by Crippen LogP contribution is -2.54. The lowest BCUT2D eigenvalue weighted by molar-refractivity contribution is -0.139. The molecule has 4 aromatic carbocycles. The maximum absolute atomic E-state index is 15.1. The van der Waals surface area contributed by atoms with Crippen molar-refractivity contribution in [3.8, 4) is 22.6 Å². The Morgan fingerprint density at radius 3 is 2.41 bits per heavy atom. The fourth-order valence-corrected chi connectivity index (χ4v) is 10.2. The number of nitrogens with zero attached hydrogens (tertiary/aromatic N) is 1. The van der Waals surface area contributed by atoms with Gasteiger partial charge in [0.1, 0.15) is 0 Å². The van der Waals surface area contributed by atoms with Crippen molar-refractivity contribution < 1.29 is 29.3 Å². The maximum Gasteiger partial charge on any atom is 0.227 e. The van der Waals surface area contributed by atoms with Crippen LogP contribution in [-0.2, 0) is 24.1 Å². The van der Waals surface area contributed by atoms with Crippen molar-refractivity contribution in [2.45, 2.75) is 89.3 Å². The number of aliphatic hydroxyl groups excluding tert-OH is 1. The van der Waals surface area contributed by atoms with Crippen molar-refractivity contribution in [1.29, 1.82) is 0 Å². The van der Waals surface area contributed by atoms with E-state index in [1.54, 1.807) is 25.6 Å². The topological polar surface area (TPSA) is 96.3 Å². The zero-order valence-electron chi connectivity index (χ0n) is 34.8. The molecule has 3 aliphatic carbocycles. The standard InChI is InChI=1S/C51H57NO6S/c1-35-12-10-26-50(2)45(24-27-51(50,56)34-52(28-25-40-15-11-29-59-40)48(54)33-37-20-23-46(57-3)47(32-37)58-4)42-22-19-36(30-39(53)21-18-35)31-44(42)49(55)43-17-9-8-16-41(43)38-13-6-5-7-14-38/h5-9,11-17,19-20,22-23,29,31-32,39,45,53,56H,10,18,21,24-28,30,33-34H2,1-4H3. The van der Waals surface area contributed by atoms with Gasteiger partial charge in [0.05, 0.1) is 32.3 Å². The van der Waals surface area contributed by atoms with Crippen LogP contribution in [-0.4, -0.2) is 65.8 Å². The monoisotopic (exact) mass is 811 g/mol. The maximum atomic E-state index is 15.1. The van der Waals surface area contributed by atoms with Gasteiger partial charge in [-0.05, 0) is 122 Å². The number of ether oxygens (including phenoxy) is 2. The molecule has 3 aliphatic rings. The molecule has 1 aromatic heterocycles. The Kier molecular flexibility index (Phi) is 13.2. The zero-order chi connectivity index (χ0) is 41.6. The smallest absolute Gasteiger partial charge is 0.227 e. The molecule has 5 aromatic rings. The molecule has 1 amide bonds. The van der Waals surface area contributed by atoms with Gasteiger partial charge >= 0.3 is 0 Å². The van der Waals surface area contributed by atoms with E-state index in [9.17, 15) is 15.0 Å². The second-order valence-corrected chi connectivity index (χ2v) is 17.7. The van der Waals surface area contributed by atoms with Gasteiger partial charge in [0, 0.05) is 34.5 Å². The van der Waals surface area contributed by atoms with E-state index in [1.165, 1.54) is 10.5 Å². The van der Waals surface area contributed by atoms with Crippen LogP contribution in [0.5, 0.6) is 11.5 Å². The minimum absolute atomic E-state index is 0.0674. The van der Waals surface area contributed by atoms with Gasteiger partial charge in [-0.15, -0.1) is 11.3 Å². The van der Waals surface area contributed by atoms with Gasteiger partial charge in [0.2, 0.25) is 5.91 Å². The summed E-state index contributed by atoms with van der Waals surface area (Å²) in [4.78, 5) is 32.6. The molecule has 0 radical (unpaired) electrons. The number of hydrogen-bond acceptors (Lipinski definition) is 7. The first-order valence-electron chi connectivity index (χ1n) is 20.9. The number of benzene rings is 4. The van der Waals surface area contributed by atoms with Crippen molar-refractivity contribution >= 4 is 23.0 Å². The normalized spacial score (nSPS) is 21.9. The van der Waals surface area contributed by atoms with Crippen LogP contribution >= 0.6 is 11.3 Å². The summed E-state index contributed by atoms with van der Waals surface area (Å²) in [6.07, 6.45) is 6.89. The molecule has 1 fully saturated rings. The molecule has 1 heterocycles. The SMILES string of the molecule is COc1ccc(CC(=O)N(CCc2cccs2)CC2(O)CCC3c4ccc(cc4C(=O)c4ccccc4-c4ccccc4)CC(O)CCC(C)=CCCC32C)cc1OC. The minimum Gasteiger partial charge on any atom is -0.493 e. The number of fused-ring (bicyclic) bond motifs is 8. The van der Waals surface area contributed by atoms with Crippen LogP contribution in [0.25, 0.3) is 11.1 Å². The number of carbonyl (C=O) groups excluding carboxylic acids is 2. The Hall–Kier alpha value is -5.02. The molecule has 4 unspecified atom stereocenters. The zero-order valence-corrected chi connectivity index (χ0v) is 35.6. The molecule has 0 aliphatic heterocycles. The number of ketones is 1. The summed E-state index contributed by atoms with van der Waals surface area (Å²) >= 11 is 1.67. The summed E-state index contributed by atoms with van der Waals surface area (Å²) in [7, 11) is 3.18. The van der Waals surface area contributed by atoms with Crippen LogP contribution in [0.4, 0.5) is 0 Å². The number of hydrogen-bond donors (Lipinski definition) is 2. The van der Waals surface area contributed by atoms with E-state index in [0.29, 0.717) is 67.7 Å². The highest BCUT2D eigenvalue weighted by atomic mass is 32.1. The van der Waals surface area contributed by atoms with E-state index in [2.05, 4.69) is 43.5 Å². The molecule has 8 heteroatoms. The third-order valence-electron chi connectivity index (χ3n) is 13.0. The summed E-state index contributed by atoms with van der Waals surface area (Å²) in [6, 6.07) is 33.6. The van der Waals surface area contributed by atoms with E-state index in [0.717, 1.165) is 40.7 Å². The van der Waals surface area contributed by atoms with Crippen LogP contribution in [0.15, 0.2) is 120 Å². The molecule has 2 bridgehead atoms. The van der Waals surface area contributed by atoms with Crippen molar-refractivity contribution in [1.82, 2.24) is 4.90 Å². The highest BCUT2D eigenvalue weighted by Crippen LogP contribution is 2.59. The molecule has 1 saturated carbocycles. The van der Waals surface area contributed by atoms with Gasteiger partial charge in [-0.25, -0.2) is 0 Å². The van der Waals surface area contributed by atoms with Crippen LogP contribution in [0.2, 0.25) is 0 Å². The van der Waals surface area contributed by atoms with Crippen LogP contribution in [0.1, 0.15) is 95.8 Å². The van der Waals surface area contributed by atoms with Crippen LogP contribution in [0.3, 0.4) is 0 Å². The molecule has 308 valence electrons. The van der Waals surface area contributed by atoms with Gasteiger partial charge in [0.25, 0.3) is 0 Å². The number of amides is 1. The third-order valence-corrected chi connectivity index (χ3v) is 13.9. The van der Waals surface area contributed by atoms with Gasteiger partial charge in [-0.1, -0.05) is 97.4 Å². The lowest BCUT2D eigenvalue weighted by Gasteiger charge is -2.46. The van der Waals surface area contributed by atoms with Crippen LogP contribution in [0, 0.1) is 5.41 Å². The van der Waals surface area contributed by atoms with E-state index in [-0.39, 0.29) is 30.6 Å². The largest absolute Gasteiger partial charge is 0.493 e. The van der Waals surface area contributed by atoms with Gasteiger partial charge < -0.3 is 24.6 Å². The van der Waals surface area contributed by atoms with Crippen molar-refractivity contribution in [2.24, 2.45) is 5.41 Å². The average Bonchev–Trinajstić information content (AvgIpc) is 3.86. The molecular weight excluding hydrogens is 755 g/mol. The Morgan fingerprint density at radius 2 is 1.64 bits per heavy atom. The Bertz CT molecular complexity index is 2270. The molecular formula is C51H57NO6S. The third kappa shape index (κ3) is 9.25. The first kappa shape index (κ1) is 42.1. The van der Waals surface area contributed by atoms with Gasteiger partial charge in [0.15, 0.2) is 17.3 Å². The molecule has 0 spiro atoms. The van der Waals surface area contributed by atoms with Crippen molar-refractivity contribution in [3.05, 3.63) is 153 Å². The summed E-state index contributed by atoms with van der Waals surface area (Å²) in [5, 5.41) is 26.5. The number of thiophene rings is 1. The second-order valence-electron chi connectivity index (χ2n) is 16.7. The van der Waals surface area contributed by atoms with Gasteiger partial charge in [-0.2, -0.15) is 0 Å². The first-order valence-corrected chi connectivity index (χ1v) is 21.8. The van der Waals surface area contributed by atoms with Crippen molar-refractivity contribution in [3.63, 3.8) is 0 Å². The predicted molar refractivity (Wildman–Crippen MR) is 237 cm³/mol. The minimum atomic E-state index is -1.25.